The number of nitrogens with zero attached hydrogens (tertiary/aromatic N) is 1. The van der Waals surface area contributed by atoms with Gasteiger partial charge in [-0.3, -0.25) is 0 Å². The van der Waals surface area contributed by atoms with E-state index in [1.54, 1.807) is 7.11 Å². The summed E-state index contributed by atoms with van der Waals surface area (Å²) in [5, 5.41) is 12.9. The maximum absolute atomic E-state index is 9.30. The molecule has 98 valence electrons. The van der Waals surface area contributed by atoms with E-state index in [2.05, 4.69) is 24.2 Å². The first-order chi connectivity index (χ1) is 8.76. The molecule has 1 saturated carbocycles. The number of hydrogen-bond donors (Lipinski definition) is 1. The molecular formula is C15H21NO2. The zero-order chi connectivity index (χ0) is 13.0. The number of methoxy groups -OCH3 is 1. The molecule has 18 heavy (non-hydrogen) atoms. The third-order valence-electron chi connectivity index (χ3n) is 4.17. The lowest BCUT2D eigenvalue weighted by Gasteiger charge is -2.37. The monoisotopic (exact) mass is 247 g/mol. The van der Waals surface area contributed by atoms with Crippen molar-refractivity contribution in [2.24, 2.45) is 5.16 Å². The Balaban J connectivity index is 2.47. The molecule has 1 aromatic rings. The Bertz CT molecular complexity index is 442. The van der Waals surface area contributed by atoms with Gasteiger partial charge in [0.05, 0.1) is 12.8 Å². The second-order valence-electron chi connectivity index (χ2n) is 4.92. The predicted octanol–water partition coefficient (Wildman–Crippen LogP) is 3.75. The molecule has 1 aliphatic rings. The van der Waals surface area contributed by atoms with Gasteiger partial charge in [0.1, 0.15) is 5.75 Å². The van der Waals surface area contributed by atoms with Crippen molar-refractivity contribution in [3.05, 3.63) is 29.8 Å². The number of hydrogen-bond acceptors (Lipinski definition) is 3. The second kappa shape index (κ2) is 5.42. The van der Waals surface area contributed by atoms with Gasteiger partial charge in [-0.15, -0.1) is 0 Å². The Morgan fingerprint density at radius 2 is 2.22 bits per heavy atom. The van der Waals surface area contributed by atoms with Crippen LogP contribution in [0.3, 0.4) is 0 Å². The van der Waals surface area contributed by atoms with Crippen molar-refractivity contribution < 1.29 is 9.94 Å². The van der Waals surface area contributed by atoms with Crippen LogP contribution < -0.4 is 4.74 Å². The largest absolute Gasteiger partial charge is 0.497 e. The first-order valence-corrected chi connectivity index (χ1v) is 6.63. The Morgan fingerprint density at radius 3 is 2.89 bits per heavy atom. The SMILES string of the molecule is CC[C@@]1(c2cccc(OC)c2)CCCC/C1=N/O. The quantitative estimate of drug-likeness (QED) is 0.653. The van der Waals surface area contributed by atoms with Crippen LogP contribution in [0.15, 0.2) is 29.4 Å². The Kier molecular flexibility index (Phi) is 3.90. The Morgan fingerprint density at radius 1 is 1.39 bits per heavy atom. The van der Waals surface area contributed by atoms with Crippen LogP contribution in [0, 0.1) is 0 Å². The molecule has 0 saturated heterocycles. The third-order valence-corrected chi connectivity index (χ3v) is 4.17. The Hall–Kier alpha value is -1.51. The summed E-state index contributed by atoms with van der Waals surface area (Å²) in [4.78, 5) is 0. The molecule has 3 nitrogen and oxygen atoms in total. The topological polar surface area (TPSA) is 41.8 Å². The van der Waals surface area contributed by atoms with Crippen molar-refractivity contribution in [1.29, 1.82) is 0 Å². The molecule has 1 fully saturated rings. The molecule has 0 radical (unpaired) electrons. The molecule has 0 aromatic heterocycles. The highest BCUT2D eigenvalue weighted by Crippen LogP contribution is 2.41. The number of benzene rings is 1. The van der Waals surface area contributed by atoms with Crippen LogP contribution in [0.1, 0.15) is 44.6 Å². The summed E-state index contributed by atoms with van der Waals surface area (Å²) in [5.74, 6) is 0.864. The van der Waals surface area contributed by atoms with Crippen LogP contribution >= 0.6 is 0 Å². The van der Waals surface area contributed by atoms with Crippen molar-refractivity contribution in [1.82, 2.24) is 0 Å². The van der Waals surface area contributed by atoms with E-state index in [1.165, 1.54) is 12.0 Å². The highest BCUT2D eigenvalue weighted by Gasteiger charge is 2.38. The zero-order valence-electron chi connectivity index (χ0n) is 11.1. The van der Waals surface area contributed by atoms with Gasteiger partial charge in [-0.2, -0.15) is 0 Å². The van der Waals surface area contributed by atoms with Gasteiger partial charge in [0.15, 0.2) is 0 Å². The lowest BCUT2D eigenvalue weighted by atomic mass is 9.66. The van der Waals surface area contributed by atoms with Crippen LogP contribution in [0.2, 0.25) is 0 Å². The van der Waals surface area contributed by atoms with Gasteiger partial charge in [0.2, 0.25) is 0 Å². The molecule has 0 spiro atoms. The lowest BCUT2D eigenvalue weighted by Crippen LogP contribution is -2.38. The fourth-order valence-electron chi connectivity index (χ4n) is 3.07. The van der Waals surface area contributed by atoms with Crippen LogP contribution in [-0.2, 0) is 5.41 Å². The minimum atomic E-state index is -0.110. The molecule has 2 rings (SSSR count). The van der Waals surface area contributed by atoms with Gasteiger partial charge in [0, 0.05) is 5.41 Å². The lowest BCUT2D eigenvalue weighted by molar-refractivity contribution is 0.302. The fourth-order valence-corrected chi connectivity index (χ4v) is 3.07. The van der Waals surface area contributed by atoms with Crippen LogP contribution in [0.4, 0.5) is 0 Å². The average Bonchev–Trinajstić information content (AvgIpc) is 2.47. The van der Waals surface area contributed by atoms with Crippen molar-refractivity contribution >= 4 is 5.71 Å². The van der Waals surface area contributed by atoms with Crippen LogP contribution in [-0.4, -0.2) is 18.0 Å². The van der Waals surface area contributed by atoms with Gasteiger partial charge >= 0.3 is 0 Å². The predicted molar refractivity (Wildman–Crippen MR) is 72.7 cm³/mol. The second-order valence-corrected chi connectivity index (χ2v) is 4.92. The smallest absolute Gasteiger partial charge is 0.119 e. The van der Waals surface area contributed by atoms with Crippen LogP contribution in [0.25, 0.3) is 0 Å². The number of rotatable bonds is 3. The molecule has 0 heterocycles. The van der Waals surface area contributed by atoms with E-state index in [1.807, 2.05) is 12.1 Å². The van der Waals surface area contributed by atoms with Crippen molar-refractivity contribution in [3.8, 4) is 5.75 Å². The van der Waals surface area contributed by atoms with Gasteiger partial charge in [-0.05, 0) is 43.4 Å². The van der Waals surface area contributed by atoms with E-state index < -0.39 is 0 Å². The molecule has 0 aliphatic heterocycles. The summed E-state index contributed by atoms with van der Waals surface area (Å²) >= 11 is 0. The summed E-state index contributed by atoms with van der Waals surface area (Å²) in [5.41, 5.74) is 2.02. The molecule has 1 aliphatic carbocycles. The van der Waals surface area contributed by atoms with Gasteiger partial charge in [-0.25, -0.2) is 0 Å². The van der Waals surface area contributed by atoms with Gasteiger partial charge < -0.3 is 9.94 Å². The Labute approximate surface area is 108 Å². The van der Waals surface area contributed by atoms with E-state index in [9.17, 15) is 5.21 Å². The molecule has 1 N–H and O–H groups in total. The van der Waals surface area contributed by atoms with E-state index in [0.29, 0.717) is 0 Å². The van der Waals surface area contributed by atoms with E-state index in [4.69, 9.17) is 4.74 Å². The van der Waals surface area contributed by atoms with E-state index >= 15 is 0 Å². The molecule has 0 unspecified atom stereocenters. The van der Waals surface area contributed by atoms with E-state index in [-0.39, 0.29) is 5.41 Å². The molecule has 0 bridgehead atoms. The van der Waals surface area contributed by atoms with Crippen molar-refractivity contribution in [2.75, 3.05) is 7.11 Å². The van der Waals surface area contributed by atoms with Gasteiger partial charge in [-0.1, -0.05) is 30.6 Å². The summed E-state index contributed by atoms with van der Waals surface area (Å²) < 4.78 is 5.30. The van der Waals surface area contributed by atoms with Crippen molar-refractivity contribution in [2.45, 2.75) is 44.4 Å². The minimum Gasteiger partial charge on any atom is -0.497 e. The molecule has 0 amide bonds. The molecular weight excluding hydrogens is 226 g/mol. The number of ether oxygens (including phenoxy) is 1. The summed E-state index contributed by atoms with van der Waals surface area (Å²) in [6.07, 6.45) is 5.20. The number of oxime groups is 1. The normalized spacial score (nSPS) is 26.2. The first-order valence-electron chi connectivity index (χ1n) is 6.63. The summed E-state index contributed by atoms with van der Waals surface area (Å²) in [6.45, 7) is 2.16. The van der Waals surface area contributed by atoms with Gasteiger partial charge in [0.25, 0.3) is 0 Å². The standard InChI is InChI=1S/C15H21NO2/c1-3-15(10-5-4-9-14(15)16-17)12-7-6-8-13(11-12)18-2/h6-8,11,17H,3-5,9-10H2,1-2H3/b16-14-/t15-/m0/s1. The molecule has 1 aromatic carbocycles. The van der Waals surface area contributed by atoms with Crippen LogP contribution in [0.5, 0.6) is 5.75 Å². The maximum Gasteiger partial charge on any atom is 0.119 e. The van der Waals surface area contributed by atoms with Crippen molar-refractivity contribution in [3.63, 3.8) is 0 Å². The highest BCUT2D eigenvalue weighted by molar-refractivity contribution is 5.95. The zero-order valence-corrected chi connectivity index (χ0v) is 11.1. The fraction of sp³-hybridized carbons (Fsp3) is 0.533. The first kappa shape index (κ1) is 12.9. The molecule has 1 atom stereocenters. The highest BCUT2D eigenvalue weighted by atomic mass is 16.5. The van der Waals surface area contributed by atoms with E-state index in [0.717, 1.165) is 37.1 Å². The summed E-state index contributed by atoms with van der Waals surface area (Å²) in [6, 6.07) is 8.14. The third kappa shape index (κ3) is 2.09. The molecule has 3 heteroatoms. The summed E-state index contributed by atoms with van der Waals surface area (Å²) in [7, 11) is 1.68. The minimum absolute atomic E-state index is 0.110. The maximum atomic E-state index is 9.30. The average molecular weight is 247 g/mol.